The summed E-state index contributed by atoms with van der Waals surface area (Å²) in [5.74, 6) is -0.152. The monoisotopic (exact) mass is 326 g/mol. The third-order valence-electron chi connectivity index (χ3n) is 4.44. The summed E-state index contributed by atoms with van der Waals surface area (Å²) in [4.78, 5) is 16.2. The SMILES string of the molecule is O=C(Nc1ccc(-c2cccc3c2C=CCC3)cc1)c1cccnc1. The van der Waals surface area contributed by atoms with Crippen LogP contribution >= 0.6 is 0 Å². The van der Waals surface area contributed by atoms with Crippen molar-refractivity contribution in [3.8, 4) is 11.1 Å². The summed E-state index contributed by atoms with van der Waals surface area (Å²) in [6.45, 7) is 0. The maximum Gasteiger partial charge on any atom is 0.257 e. The molecule has 0 bridgehead atoms. The van der Waals surface area contributed by atoms with Crippen LogP contribution in [0.2, 0.25) is 0 Å². The maximum atomic E-state index is 12.2. The Bertz CT molecular complexity index is 928. The lowest BCUT2D eigenvalue weighted by molar-refractivity contribution is 0.102. The van der Waals surface area contributed by atoms with Crippen LogP contribution in [-0.2, 0) is 6.42 Å². The van der Waals surface area contributed by atoms with Crippen LogP contribution in [0.15, 0.2) is 73.1 Å². The number of pyridine rings is 1. The highest BCUT2D eigenvalue weighted by atomic mass is 16.1. The summed E-state index contributed by atoms with van der Waals surface area (Å²) in [6, 6.07) is 18.0. The standard InChI is InChI=1S/C22H18N2O/c25-22(18-7-4-14-23-15-18)24-19-12-10-17(11-13-19)21-9-3-6-16-5-1-2-8-20(16)21/h2-4,6-15H,1,5H2,(H,24,25). The molecule has 0 fully saturated rings. The maximum absolute atomic E-state index is 12.2. The zero-order valence-corrected chi connectivity index (χ0v) is 13.8. The molecule has 1 N–H and O–H groups in total. The van der Waals surface area contributed by atoms with Gasteiger partial charge in [-0.15, -0.1) is 0 Å². The average Bonchev–Trinajstić information content (AvgIpc) is 2.69. The summed E-state index contributed by atoms with van der Waals surface area (Å²) in [7, 11) is 0. The summed E-state index contributed by atoms with van der Waals surface area (Å²) >= 11 is 0. The summed E-state index contributed by atoms with van der Waals surface area (Å²) in [5, 5.41) is 2.91. The van der Waals surface area contributed by atoms with Gasteiger partial charge in [-0.3, -0.25) is 9.78 Å². The number of carbonyl (C=O) groups is 1. The zero-order valence-electron chi connectivity index (χ0n) is 13.8. The highest BCUT2D eigenvalue weighted by Crippen LogP contribution is 2.31. The van der Waals surface area contributed by atoms with Crippen LogP contribution in [-0.4, -0.2) is 10.9 Å². The van der Waals surface area contributed by atoms with Gasteiger partial charge >= 0.3 is 0 Å². The number of nitrogens with one attached hydrogen (secondary N) is 1. The fraction of sp³-hybridized carbons (Fsp3) is 0.0909. The van der Waals surface area contributed by atoms with Crippen LogP contribution < -0.4 is 5.32 Å². The topological polar surface area (TPSA) is 42.0 Å². The molecule has 3 nitrogen and oxygen atoms in total. The fourth-order valence-electron chi connectivity index (χ4n) is 3.15. The Hall–Kier alpha value is -3.20. The van der Waals surface area contributed by atoms with Crippen molar-refractivity contribution in [3.05, 3.63) is 89.8 Å². The smallest absolute Gasteiger partial charge is 0.257 e. The van der Waals surface area contributed by atoms with Crippen LogP contribution in [0.4, 0.5) is 5.69 Å². The molecule has 0 unspecified atom stereocenters. The number of amides is 1. The first-order valence-corrected chi connectivity index (χ1v) is 8.41. The van der Waals surface area contributed by atoms with E-state index in [-0.39, 0.29) is 5.91 Å². The molecule has 4 rings (SSSR count). The van der Waals surface area contributed by atoms with Crippen molar-refractivity contribution in [2.24, 2.45) is 0 Å². The third-order valence-corrected chi connectivity index (χ3v) is 4.44. The number of aromatic nitrogens is 1. The summed E-state index contributed by atoms with van der Waals surface area (Å²) in [6.07, 6.45) is 9.86. The molecular formula is C22H18N2O. The number of hydrogen-bond acceptors (Lipinski definition) is 2. The number of allylic oxidation sites excluding steroid dienone is 1. The van der Waals surface area contributed by atoms with E-state index >= 15 is 0 Å². The highest BCUT2D eigenvalue weighted by molar-refractivity contribution is 6.04. The number of benzene rings is 2. The minimum absolute atomic E-state index is 0.152. The van der Waals surface area contributed by atoms with Gasteiger partial charge in [0.25, 0.3) is 5.91 Å². The van der Waals surface area contributed by atoms with Gasteiger partial charge in [0.2, 0.25) is 0 Å². The Labute approximate surface area is 147 Å². The molecule has 1 aromatic heterocycles. The molecule has 0 saturated heterocycles. The van der Waals surface area contributed by atoms with E-state index in [2.05, 4.69) is 52.8 Å². The molecule has 1 aliphatic carbocycles. The van der Waals surface area contributed by atoms with Crippen LogP contribution in [0.3, 0.4) is 0 Å². The predicted molar refractivity (Wildman–Crippen MR) is 101 cm³/mol. The van der Waals surface area contributed by atoms with E-state index in [0.717, 1.165) is 24.1 Å². The number of aryl methyl sites for hydroxylation is 1. The number of hydrogen-bond donors (Lipinski definition) is 1. The van der Waals surface area contributed by atoms with Crippen LogP contribution in [0.25, 0.3) is 17.2 Å². The van der Waals surface area contributed by atoms with Crippen LogP contribution in [0.1, 0.15) is 27.9 Å². The van der Waals surface area contributed by atoms with E-state index in [0.29, 0.717) is 5.56 Å². The summed E-state index contributed by atoms with van der Waals surface area (Å²) in [5.41, 5.74) is 6.42. The van der Waals surface area contributed by atoms with Crippen LogP contribution in [0, 0.1) is 0 Å². The van der Waals surface area contributed by atoms with Crippen molar-refractivity contribution in [2.75, 3.05) is 5.32 Å². The molecule has 1 heterocycles. The van der Waals surface area contributed by atoms with E-state index in [1.54, 1.807) is 24.5 Å². The van der Waals surface area contributed by atoms with Crippen molar-refractivity contribution in [1.82, 2.24) is 4.98 Å². The first-order chi connectivity index (χ1) is 12.3. The fourth-order valence-corrected chi connectivity index (χ4v) is 3.15. The number of rotatable bonds is 3. The first-order valence-electron chi connectivity index (χ1n) is 8.41. The molecule has 3 heteroatoms. The van der Waals surface area contributed by atoms with Gasteiger partial charge in [-0.05, 0) is 59.4 Å². The van der Waals surface area contributed by atoms with Crippen LogP contribution in [0.5, 0.6) is 0 Å². The van der Waals surface area contributed by atoms with Gasteiger partial charge in [0.1, 0.15) is 0 Å². The highest BCUT2D eigenvalue weighted by Gasteiger charge is 2.11. The van der Waals surface area contributed by atoms with E-state index in [1.807, 2.05) is 12.1 Å². The van der Waals surface area contributed by atoms with Gasteiger partial charge in [-0.1, -0.05) is 42.5 Å². The number of anilines is 1. The lowest BCUT2D eigenvalue weighted by atomic mass is 9.90. The Balaban J connectivity index is 1.57. The minimum atomic E-state index is -0.152. The van der Waals surface area contributed by atoms with Crippen molar-refractivity contribution in [1.29, 1.82) is 0 Å². The minimum Gasteiger partial charge on any atom is -0.322 e. The number of carbonyl (C=O) groups excluding carboxylic acids is 1. The molecule has 0 radical (unpaired) electrons. The normalized spacial score (nSPS) is 12.5. The van der Waals surface area contributed by atoms with E-state index in [4.69, 9.17) is 0 Å². The Morgan fingerprint density at radius 3 is 2.68 bits per heavy atom. The molecule has 1 amide bonds. The predicted octanol–water partition coefficient (Wildman–Crippen LogP) is 4.96. The molecule has 1 aliphatic rings. The molecule has 0 saturated carbocycles. The molecule has 25 heavy (non-hydrogen) atoms. The zero-order chi connectivity index (χ0) is 17.1. The largest absolute Gasteiger partial charge is 0.322 e. The molecule has 0 spiro atoms. The molecule has 3 aromatic rings. The lowest BCUT2D eigenvalue weighted by Crippen LogP contribution is -2.11. The van der Waals surface area contributed by atoms with Crippen molar-refractivity contribution >= 4 is 17.7 Å². The number of nitrogens with zero attached hydrogens (tertiary/aromatic N) is 1. The van der Waals surface area contributed by atoms with Crippen molar-refractivity contribution in [3.63, 3.8) is 0 Å². The lowest BCUT2D eigenvalue weighted by Gasteiger charge is -2.15. The van der Waals surface area contributed by atoms with E-state index in [9.17, 15) is 4.79 Å². The second-order valence-electron chi connectivity index (χ2n) is 6.09. The second kappa shape index (κ2) is 6.73. The van der Waals surface area contributed by atoms with E-state index < -0.39 is 0 Å². The molecular weight excluding hydrogens is 308 g/mol. The molecule has 0 aliphatic heterocycles. The Kier molecular flexibility index (Phi) is 4.13. The first kappa shape index (κ1) is 15.3. The summed E-state index contributed by atoms with van der Waals surface area (Å²) < 4.78 is 0. The van der Waals surface area contributed by atoms with Crippen molar-refractivity contribution < 1.29 is 4.79 Å². The molecule has 2 aromatic carbocycles. The van der Waals surface area contributed by atoms with E-state index in [1.165, 1.54) is 16.7 Å². The second-order valence-corrected chi connectivity index (χ2v) is 6.09. The van der Waals surface area contributed by atoms with Gasteiger partial charge in [0.15, 0.2) is 0 Å². The Morgan fingerprint density at radius 2 is 1.88 bits per heavy atom. The quantitative estimate of drug-likeness (QED) is 0.739. The molecule has 0 atom stereocenters. The van der Waals surface area contributed by atoms with Gasteiger partial charge in [0, 0.05) is 18.1 Å². The van der Waals surface area contributed by atoms with Crippen molar-refractivity contribution in [2.45, 2.75) is 12.8 Å². The van der Waals surface area contributed by atoms with Gasteiger partial charge in [-0.2, -0.15) is 0 Å². The number of fused-ring (bicyclic) bond motifs is 1. The third kappa shape index (κ3) is 3.22. The average molecular weight is 326 g/mol. The van der Waals surface area contributed by atoms with Gasteiger partial charge in [0.05, 0.1) is 5.56 Å². The molecule has 122 valence electrons. The van der Waals surface area contributed by atoms with Gasteiger partial charge < -0.3 is 5.32 Å². The van der Waals surface area contributed by atoms with Gasteiger partial charge in [-0.25, -0.2) is 0 Å². The Morgan fingerprint density at radius 1 is 1.00 bits per heavy atom.